The Hall–Kier alpha value is -2.93. The smallest absolute Gasteiger partial charge is 0.254 e. The van der Waals surface area contributed by atoms with E-state index in [2.05, 4.69) is 10.6 Å². The summed E-state index contributed by atoms with van der Waals surface area (Å²) in [6.45, 7) is 4.75. The Bertz CT molecular complexity index is 991. The molecule has 2 aromatic rings. The van der Waals surface area contributed by atoms with Crippen molar-refractivity contribution in [1.29, 1.82) is 0 Å². The van der Waals surface area contributed by atoms with E-state index in [1.807, 2.05) is 13.8 Å². The third-order valence-electron chi connectivity index (χ3n) is 6.08. The molecule has 0 radical (unpaired) electrons. The topological polar surface area (TPSA) is 78.5 Å². The van der Waals surface area contributed by atoms with Crippen molar-refractivity contribution in [3.05, 3.63) is 70.5 Å². The van der Waals surface area contributed by atoms with Gasteiger partial charge in [0.25, 0.3) is 11.8 Å². The first-order valence-electron chi connectivity index (χ1n) is 11.2. The number of nitrogens with one attached hydrogen (secondary N) is 2. The summed E-state index contributed by atoms with van der Waals surface area (Å²) in [5, 5.41) is 6.23. The van der Waals surface area contributed by atoms with Gasteiger partial charge in [-0.25, -0.2) is 4.39 Å². The van der Waals surface area contributed by atoms with Gasteiger partial charge in [0.15, 0.2) is 0 Å². The van der Waals surface area contributed by atoms with Crippen molar-refractivity contribution < 1.29 is 18.8 Å². The van der Waals surface area contributed by atoms with E-state index >= 15 is 0 Å². The highest BCUT2D eigenvalue weighted by molar-refractivity contribution is 6.30. The molecule has 2 N–H and O–H groups in total. The Morgan fingerprint density at radius 3 is 2.30 bits per heavy atom. The lowest BCUT2D eigenvalue weighted by Crippen LogP contribution is -2.55. The molecule has 0 aromatic heterocycles. The van der Waals surface area contributed by atoms with E-state index in [0.717, 1.165) is 6.42 Å². The Labute approximate surface area is 198 Å². The number of hydrogen-bond donors (Lipinski definition) is 2. The fraction of sp³-hybridized carbons (Fsp3) is 0.400. The monoisotopic (exact) mass is 473 g/mol. The lowest BCUT2D eigenvalue weighted by molar-refractivity contribution is -0.125. The first kappa shape index (κ1) is 24.7. The van der Waals surface area contributed by atoms with Crippen LogP contribution in [-0.2, 0) is 4.79 Å². The Morgan fingerprint density at radius 1 is 1.06 bits per heavy atom. The van der Waals surface area contributed by atoms with E-state index in [1.54, 1.807) is 35.2 Å². The van der Waals surface area contributed by atoms with Gasteiger partial charge >= 0.3 is 0 Å². The van der Waals surface area contributed by atoms with Crippen LogP contribution in [0.15, 0.2) is 48.5 Å². The lowest BCUT2D eigenvalue weighted by atomic mass is 9.88. The molecule has 2 aromatic carbocycles. The molecule has 6 nitrogen and oxygen atoms in total. The second kappa shape index (κ2) is 11.3. The zero-order valence-corrected chi connectivity index (χ0v) is 19.6. The largest absolute Gasteiger partial charge is 0.352 e. The second-order valence-corrected chi connectivity index (χ2v) is 8.82. The van der Waals surface area contributed by atoms with Crippen LogP contribution in [0.2, 0.25) is 5.02 Å². The molecule has 1 aliphatic rings. The minimum Gasteiger partial charge on any atom is -0.352 e. The normalized spacial score (nSPS) is 16.1. The molecule has 8 heteroatoms. The number of nitrogens with zero attached hydrogens (tertiary/aromatic N) is 1. The van der Waals surface area contributed by atoms with E-state index < -0.39 is 17.8 Å². The van der Waals surface area contributed by atoms with Crippen LogP contribution in [0.1, 0.15) is 53.8 Å². The molecule has 0 saturated carbocycles. The predicted octanol–water partition coefficient (Wildman–Crippen LogP) is 4.04. The van der Waals surface area contributed by atoms with Gasteiger partial charge in [-0.15, -0.1) is 0 Å². The third-order valence-corrected chi connectivity index (χ3v) is 6.33. The van der Waals surface area contributed by atoms with Gasteiger partial charge in [-0.3, -0.25) is 14.4 Å². The molecule has 1 aliphatic heterocycles. The maximum absolute atomic E-state index is 14.1. The highest BCUT2D eigenvalue weighted by Gasteiger charge is 2.34. The summed E-state index contributed by atoms with van der Waals surface area (Å²) in [5.41, 5.74) is 0.450. The average molecular weight is 474 g/mol. The Kier molecular flexibility index (Phi) is 8.44. The number of carbonyl (C=O) groups excluding carboxylic acids is 3. The van der Waals surface area contributed by atoms with Gasteiger partial charge in [-0.1, -0.05) is 30.7 Å². The van der Waals surface area contributed by atoms with Gasteiger partial charge in [0.05, 0.1) is 5.56 Å². The van der Waals surface area contributed by atoms with Crippen LogP contribution in [0, 0.1) is 11.7 Å². The highest BCUT2D eigenvalue weighted by Crippen LogP contribution is 2.24. The summed E-state index contributed by atoms with van der Waals surface area (Å²) in [4.78, 5) is 40.3. The number of likely N-dealkylation sites (tertiary alicyclic amines) is 1. The van der Waals surface area contributed by atoms with Gasteiger partial charge in [0.1, 0.15) is 11.9 Å². The standard InChI is InChI=1S/C25H29ClFN3O3/c1-3-16(2)28-24(32)22(29-23(31)20-6-4-5-7-21(20)27)17-12-14-30(15-13-17)25(33)18-8-10-19(26)11-9-18/h4-11,16-17,22H,3,12-15H2,1-2H3,(H,28,32)(H,29,31)/t16-,22+/m1/s1. The summed E-state index contributed by atoms with van der Waals surface area (Å²) in [6.07, 6.45) is 1.82. The van der Waals surface area contributed by atoms with E-state index in [1.165, 1.54) is 18.2 Å². The van der Waals surface area contributed by atoms with E-state index in [4.69, 9.17) is 11.6 Å². The third kappa shape index (κ3) is 6.32. The molecule has 0 aliphatic carbocycles. The van der Waals surface area contributed by atoms with Crippen LogP contribution in [0.3, 0.4) is 0 Å². The number of carbonyl (C=O) groups is 3. The molecule has 1 saturated heterocycles. The fourth-order valence-electron chi connectivity index (χ4n) is 3.91. The number of rotatable bonds is 7. The lowest BCUT2D eigenvalue weighted by Gasteiger charge is -2.36. The molecular weight excluding hydrogens is 445 g/mol. The zero-order valence-electron chi connectivity index (χ0n) is 18.8. The first-order valence-corrected chi connectivity index (χ1v) is 11.6. The van der Waals surface area contributed by atoms with E-state index in [-0.39, 0.29) is 29.3 Å². The van der Waals surface area contributed by atoms with Crippen LogP contribution in [-0.4, -0.2) is 47.8 Å². The Balaban J connectivity index is 1.71. The van der Waals surface area contributed by atoms with Crippen molar-refractivity contribution in [2.24, 2.45) is 5.92 Å². The van der Waals surface area contributed by atoms with Crippen LogP contribution in [0.5, 0.6) is 0 Å². The van der Waals surface area contributed by atoms with Crippen molar-refractivity contribution in [3.8, 4) is 0 Å². The number of benzene rings is 2. The van der Waals surface area contributed by atoms with Gasteiger partial charge in [-0.05, 0) is 68.5 Å². The van der Waals surface area contributed by atoms with Crippen molar-refractivity contribution in [1.82, 2.24) is 15.5 Å². The summed E-state index contributed by atoms with van der Waals surface area (Å²) in [6, 6.07) is 11.5. The molecule has 1 fully saturated rings. The van der Waals surface area contributed by atoms with Crippen molar-refractivity contribution in [2.45, 2.75) is 45.2 Å². The first-order chi connectivity index (χ1) is 15.8. The Morgan fingerprint density at radius 2 is 1.70 bits per heavy atom. The fourth-order valence-corrected chi connectivity index (χ4v) is 4.03. The van der Waals surface area contributed by atoms with Crippen molar-refractivity contribution in [3.63, 3.8) is 0 Å². The predicted molar refractivity (Wildman–Crippen MR) is 126 cm³/mol. The maximum atomic E-state index is 14.1. The molecule has 176 valence electrons. The van der Waals surface area contributed by atoms with Crippen LogP contribution < -0.4 is 10.6 Å². The number of hydrogen-bond acceptors (Lipinski definition) is 3. The minimum atomic E-state index is -0.820. The van der Waals surface area contributed by atoms with Crippen LogP contribution in [0.4, 0.5) is 4.39 Å². The van der Waals surface area contributed by atoms with Crippen molar-refractivity contribution >= 4 is 29.3 Å². The number of amides is 3. The molecule has 3 amide bonds. The summed E-state index contributed by atoms with van der Waals surface area (Å²) in [7, 11) is 0. The average Bonchev–Trinajstić information content (AvgIpc) is 2.82. The van der Waals surface area contributed by atoms with Crippen LogP contribution in [0.25, 0.3) is 0 Å². The molecule has 1 heterocycles. The molecule has 2 atom stereocenters. The van der Waals surface area contributed by atoms with Gasteiger partial charge in [0.2, 0.25) is 5.91 Å². The van der Waals surface area contributed by atoms with Gasteiger partial charge in [-0.2, -0.15) is 0 Å². The molecule has 0 bridgehead atoms. The molecule has 0 spiro atoms. The molecule has 33 heavy (non-hydrogen) atoms. The van der Waals surface area contributed by atoms with Crippen molar-refractivity contribution in [2.75, 3.05) is 13.1 Å². The quantitative estimate of drug-likeness (QED) is 0.637. The summed E-state index contributed by atoms with van der Waals surface area (Å²) in [5.74, 6) is -1.84. The zero-order chi connectivity index (χ0) is 24.0. The van der Waals surface area contributed by atoms with Gasteiger partial charge in [0, 0.05) is 29.7 Å². The molecular formula is C25H29ClFN3O3. The van der Waals surface area contributed by atoms with Crippen LogP contribution >= 0.6 is 11.6 Å². The van der Waals surface area contributed by atoms with E-state index in [9.17, 15) is 18.8 Å². The maximum Gasteiger partial charge on any atom is 0.254 e. The second-order valence-electron chi connectivity index (χ2n) is 8.39. The molecule has 3 rings (SSSR count). The number of piperidine rings is 1. The number of halogens is 2. The molecule has 0 unspecified atom stereocenters. The SMILES string of the molecule is CC[C@@H](C)NC(=O)[C@@H](NC(=O)c1ccccc1F)C1CCN(C(=O)c2ccc(Cl)cc2)CC1. The minimum absolute atomic E-state index is 0.0584. The summed E-state index contributed by atoms with van der Waals surface area (Å²) >= 11 is 5.91. The van der Waals surface area contributed by atoms with E-state index in [0.29, 0.717) is 36.5 Å². The highest BCUT2D eigenvalue weighted by atomic mass is 35.5. The van der Waals surface area contributed by atoms with Gasteiger partial charge < -0.3 is 15.5 Å². The summed E-state index contributed by atoms with van der Waals surface area (Å²) < 4.78 is 14.1.